The number of nitrogens with zero attached hydrogens (tertiary/aromatic N) is 1. The van der Waals surface area contributed by atoms with E-state index in [4.69, 9.17) is 13.9 Å². The van der Waals surface area contributed by atoms with Crippen molar-refractivity contribution in [2.45, 2.75) is 13.5 Å². The first-order valence-corrected chi connectivity index (χ1v) is 6.03. The molecule has 0 aliphatic rings. The molecule has 102 valence electrons. The molecule has 5 heteroatoms. The molecular weight excluding hydrogens is 244 g/mol. The van der Waals surface area contributed by atoms with E-state index in [2.05, 4.69) is 10.3 Å². The van der Waals surface area contributed by atoms with Gasteiger partial charge in [-0.2, -0.15) is 0 Å². The average molecular weight is 262 g/mol. The Balaban J connectivity index is 2.38. The predicted octanol–water partition coefficient (Wildman–Crippen LogP) is 2.39. The first kappa shape index (κ1) is 13.4. The Bertz CT molecular complexity index is 564. The number of oxazole rings is 1. The van der Waals surface area contributed by atoms with E-state index in [-0.39, 0.29) is 0 Å². The topological polar surface area (TPSA) is 56.5 Å². The van der Waals surface area contributed by atoms with Crippen molar-refractivity contribution >= 4 is 0 Å². The first-order valence-electron chi connectivity index (χ1n) is 6.03. The van der Waals surface area contributed by atoms with Gasteiger partial charge in [0.25, 0.3) is 0 Å². The number of hydrogen-bond acceptors (Lipinski definition) is 5. The van der Waals surface area contributed by atoms with Crippen molar-refractivity contribution < 1.29 is 13.9 Å². The number of benzene rings is 1. The fourth-order valence-electron chi connectivity index (χ4n) is 1.85. The van der Waals surface area contributed by atoms with Crippen molar-refractivity contribution in [3.8, 4) is 23.0 Å². The van der Waals surface area contributed by atoms with E-state index in [9.17, 15) is 0 Å². The number of rotatable bonds is 5. The molecule has 0 saturated carbocycles. The SMILES string of the molecule is CNCc1nc(-c2ccc(OC)c(OC)c2)oc1C. The summed E-state index contributed by atoms with van der Waals surface area (Å²) in [6.45, 7) is 2.59. The molecule has 0 radical (unpaired) electrons. The Morgan fingerprint density at radius 2 is 1.95 bits per heavy atom. The zero-order valence-corrected chi connectivity index (χ0v) is 11.6. The van der Waals surface area contributed by atoms with Gasteiger partial charge in [0.1, 0.15) is 5.76 Å². The third kappa shape index (κ3) is 2.71. The van der Waals surface area contributed by atoms with Gasteiger partial charge < -0.3 is 19.2 Å². The molecule has 1 N–H and O–H groups in total. The fourth-order valence-corrected chi connectivity index (χ4v) is 1.85. The summed E-state index contributed by atoms with van der Waals surface area (Å²) >= 11 is 0. The monoisotopic (exact) mass is 262 g/mol. The molecule has 2 rings (SSSR count). The van der Waals surface area contributed by atoms with Crippen molar-refractivity contribution in [3.05, 3.63) is 29.7 Å². The molecule has 0 fully saturated rings. The van der Waals surface area contributed by atoms with Crippen LogP contribution in [-0.2, 0) is 6.54 Å². The number of ether oxygens (including phenoxy) is 2. The zero-order valence-electron chi connectivity index (χ0n) is 11.6. The molecule has 1 heterocycles. The highest BCUT2D eigenvalue weighted by atomic mass is 16.5. The fraction of sp³-hybridized carbons (Fsp3) is 0.357. The van der Waals surface area contributed by atoms with Gasteiger partial charge in [0.2, 0.25) is 5.89 Å². The summed E-state index contributed by atoms with van der Waals surface area (Å²) < 4.78 is 16.2. The minimum Gasteiger partial charge on any atom is -0.493 e. The maximum absolute atomic E-state index is 5.68. The summed E-state index contributed by atoms with van der Waals surface area (Å²) in [5.41, 5.74) is 1.77. The molecule has 1 aromatic heterocycles. The van der Waals surface area contributed by atoms with Gasteiger partial charge in [-0.05, 0) is 32.2 Å². The molecule has 0 atom stereocenters. The second-order valence-corrected chi connectivity index (χ2v) is 4.12. The molecule has 0 unspecified atom stereocenters. The van der Waals surface area contributed by atoms with Gasteiger partial charge >= 0.3 is 0 Å². The van der Waals surface area contributed by atoms with E-state index in [0.717, 1.165) is 17.0 Å². The average Bonchev–Trinajstić information content (AvgIpc) is 2.80. The molecular formula is C14H18N2O3. The lowest BCUT2D eigenvalue weighted by atomic mass is 10.2. The van der Waals surface area contributed by atoms with E-state index in [1.165, 1.54) is 0 Å². The standard InChI is InChI=1S/C14H18N2O3/c1-9-11(8-15-2)16-14(19-9)10-5-6-12(17-3)13(7-10)18-4/h5-7,15H,8H2,1-4H3. The Morgan fingerprint density at radius 3 is 2.58 bits per heavy atom. The van der Waals surface area contributed by atoms with Crippen LogP contribution in [0, 0.1) is 6.92 Å². The molecule has 0 aliphatic heterocycles. The van der Waals surface area contributed by atoms with Crippen molar-refractivity contribution in [2.75, 3.05) is 21.3 Å². The number of hydrogen-bond donors (Lipinski definition) is 1. The van der Waals surface area contributed by atoms with Gasteiger partial charge in [0.05, 0.1) is 19.9 Å². The predicted molar refractivity (Wildman–Crippen MR) is 72.5 cm³/mol. The maximum atomic E-state index is 5.68. The highest BCUT2D eigenvalue weighted by Crippen LogP contribution is 2.32. The van der Waals surface area contributed by atoms with E-state index in [0.29, 0.717) is 23.9 Å². The number of aryl methyl sites for hydroxylation is 1. The molecule has 0 spiro atoms. The summed E-state index contributed by atoms with van der Waals surface area (Å²) in [7, 11) is 5.09. The second kappa shape index (κ2) is 5.75. The van der Waals surface area contributed by atoms with Crippen molar-refractivity contribution in [3.63, 3.8) is 0 Å². The van der Waals surface area contributed by atoms with Crippen molar-refractivity contribution in [1.82, 2.24) is 10.3 Å². The first-order chi connectivity index (χ1) is 9.19. The Hall–Kier alpha value is -2.01. The third-order valence-corrected chi connectivity index (χ3v) is 2.87. The van der Waals surface area contributed by atoms with E-state index >= 15 is 0 Å². The number of nitrogens with one attached hydrogen (secondary N) is 1. The summed E-state index contributed by atoms with van der Waals surface area (Å²) in [5.74, 6) is 2.75. The largest absolute Gasteiger partial charge is 0.493 e. The van der Waals surface area contributed by atoms with E-state index in [1.807, 2.05) is 32.2 Å². The molecule has 0 aliphatic carbocycles. The van der Waals surface area contributed by atoms with Crippen LogP contribution in [0.25, 0.3) is 11.5 Å². The quantitative estimate of drug-likeness (QED) is 0.896. The molecule has 19 heavy (non-hydrogen) atoms. The van der Waals surface area contributed by atoms with Crippen LogP contribution in [0.4, 0.5) is 0 Å². The minimum atomic E-state index is 0.587. The summed E-state index contributed by atoms with van der Waals surface area (Å²) in [6.07, 6.45) is 0. The lowest BCUT2D eigenvalue weighted by Gasteiger charge is -2.07. The number of methoxy groups -OCH3 is 2. The van der Waals surface area contributed by atoms with Gasteiger partial charge in [-0.15, -0.1) is 0 Å². The van der Waals surface area contributed by atoms with Crippen LogP contribution in [0.15, 0.2) is 22.6 Å². The van der Waals surface area contributed by atoms with Gasteiger partial charge in [-0.25, -0.2) is 4.98 Å². The van der Waals surface area contributed by atoms with Crippen LogP contribution in [-0.4, -0.2) is 26.3 Å². The van der Waals surface area contributed by atoms with Crippen LogP contribution in [0.3, 0.4) is 0 Å². The van der Waals surface area contributed by atoms with Crippen molar-refractivity contribution in [1.29, 1.82) is 0 Å². The molecule has 0 amide bonds. The normalized spacial score (nSPS) is 10.5. The van der Waals surface area contributed by atoms with E-state index < -0.39 is 0 Å². The van der Waals surface area contributed by atoms with Gasteiger partial charge in [-0.3, -0.25) is 0 Å². The highest BCUT2D eigenvalue weighted by Gasteiger charge is 2.13. The van der Waals surface area contributed by atoms with Gasteiger partial charge in [0, 0.05) is 12.1 Å². The van der Waals surface area contributed by atoms with E-state index in [1.54, 1.807) is 14.2 Å². The summed E-state index contributed by atoms with van der Waals surface area (Å²) in [6, 6.07) is 5.59. The van der Waals surface area contributed by atoms with Crippen LogP contribution in [0.5, 0.6) is 11.5 Å². The highest BCUT2D eigenvalue weighted by molar-refractivity contribution is 5.60. The zero-order chi connectivity index (χ0) is 13.8. The minimum absolute atomic E-state index is 0.587. The Kier molecular flexibility index (Phi) is 4.06. The summed E-state index contributed by atoms with van der Waals surface area (Å²) in [4.78, 5) is 4.48. The molecule has 1 aromatic carbocycles. The smallest absolute Gasteiger partial charge is 0.226 e. The van der Waals surface area contributed by atoms with Crippen LogP contribution >= 0.6 is 0 Å². The summed E-state index contributed by atoms with van der Waals surface area (Å²) in [5, 5.41) is 3.06. The van der Waals surface area contributed by atoms with Gasteiger partial charge in [0.15, 0.2) is 11.5 Å². The van der Waals surface area contributed by atoms with Crippen LogP contribution in [0.2, 0.25) is 0 Å². The second-order valence-electron chi connectivity index (χ2n) is 4.12. The lowest BCUT2D eigenvalue weighted by Crippen LogP contribution is -2.06. The van der Waals surface area contributed by atoms with Crippen LogP contribution in [0.1, 0.15) is 11.5 Å². The Labute approximate surface area is 112 Å². The molecule has 2 aromatic rings. The van der Waals surface area contributed by atoms with Crippen molar-refractivity contribution in [2.24, 2.45) is 0 Å². The molecule has 5 nitrogen and oxygen atoms in total. The maximum Gasteiger partial charge on any atom is 0.226 e. The molecule has 0 bridgehead atoms. The Morgan fingerprint density at radius 1 is 1.21 bits per heavy atom. The third-order valence-electron chi connectivity index (χ3n) is 2.87. The van der Waals surface area contributed by atoms with Crippen LogP contribution < -0.4 is 14.8 Å². The number of aromatic nitrogens is 1. The molecule has 0 saturated heterocycles. The van der Waals surface area contributed by atoms with Gasteiger partial charge in [-0.1, -0.05) is 0 Å². The lowest BCUT2D eigenvalue weighted by molar-refractivity contribution is 0.355.